The van der Waals surface area contributed by atoms with Crippen LogP contribution in [0, 0.1) is 6.92 Å². The van der Waals surface area contributed by atoms with Crippen LogP contribution in [-0.2, 0) is 6.54 Å². The van der Waals surface area contributed by atoms with Crippen molar-refractivity contribution in [3.05, 3.63) is 95.4 Å². The van der Waals surface area contributed by atoms with Crippen molar-refractivity contribution in [2.45, 2.75) is 44.7 Å². The fourth-order valence-corrected chi connectivity index (χ4v) is 7.08. The Morgan fingerprint density at radius 1 is 0.941 bits per heavy atom. The number of fused-ring (bicyclic) bond motifs is 1. The van der Waals surface area contributed by atoms with Gasteiger partial charge >= 0.3 is 0 Å². The number of methoxy groups -OCH3 is 4. The lowest BCUT2D eigenvalue weighted by atomic mass is 9.93. The number of benzene rings is 3. The van der Waals surface area contributed by atoms with Gasteiger partial charge in [-0.25, -0.2) is 4.98 Å². The summed E-state index contributed by atoms with van der Waals surface area (Å²) in [6.45, 7) is 5.99. The summed E-state index contributed by atoms with van der Waals surface area (Å²) in [6.07, 6.45) is 2.88. The van der Waals surface area contributed by atoms with E-state index in [-0.39, 0.29) is 11.8 Å². The molecule has 1 N–H and O–H groups in total. The maximum atomic E-state index is 13.8. The van der Waals surface area contributed by atoms with Crippen molar-refractivity contribution >= 4 is 22.9 Å². The van der Waals surface area contributed by atoms with Crippen LogP contribution in [0.3, 0.4) is 0 Å². The smallest absolute Gasteiger partial charge is 0.253 e. The van der Waals surface area contributed by atoms with E-state index in [1.54, 1.807) is 45.5 Å². The topological polar surface area (TPSA) is 106 Å². The number of anilines is 1. The van der Waals surface area contributed by atoms with Gasteiger partial charge in [-0.1, -0.05) is 24.3 Å². The zero-order valence-electron chi connectivity index (χ0n) is 30.5. The first-order chi connectivity index (χ1) is 24.8. The number of likely N-dealkylation sites (N-methyl/N-ethyl adjacent to an activating group) is 1. The predicted octanol–water partition coefficient (Wildman–Crippen LogP) is 6.92. The predicted molar refractivity (Wildman–Crippen MR) is 199 cm³/mol. The molecular formula is C40H49N5O6. The number of rotatable bonds is 15. The van der Waals surface area contributed by atoms with Gasteiger partial charge < -0.3 is 43.0 Å². The molecule has 0 bridgehead atoms. The molecule has 1 atom stereocenters. The van der Waals surface area contributed by atoms with Crippen molar-refractivity contribution in [1.82, 2.24) is 19.8 Å². The number of furan rings is 1. The number of nitrogens with zero attached hydrogens (tertiary/aromatic N) is 4. The molecule has 1 aliphatic rings. The molecule has 0 aliphatic carbocycles. The summed E-state index contributed by atoms with van der Waals surface area (Å²) in [7, 11) is 8.17. The maximum absolute atomic E-state index is 13.8. The van der Waals surface area contributed by atoms with Gasteiger partial charge in [-0.3, -0.25) is 4.79 Å². The number of likely N-dealkylation sites (tertiary alicyclic amines) is 1. The van der Waals surface area contributed by atoms with Crippen molar-refractivity contribution in [3.63, 3.8) is 0 Å². The zero-order valence-corrected chi connectivity index (χ0v) is 30.5. The van der Waals surface area contributed by atoms with E-state index >= 15 is 0 Å². The number of aromatic nitrogens is 2. The third-order valence-electron chi connectivity index (χ3n) is 9.88. The molecule has 0 radical (unpaired) electrons. The summed E-state index contributed by atoms with van der Waals surface area (Å²) in [5.74, 6) is 4.82. The van der Waals surface area contributed by atoms with Gasteiger partial charge in [0.1, 0.15) is 17.3 Å². The third-order valence-corrected chi connectivity index (χ3v) is 9.88. The Balaban J connectivity index is 1.15. The van der Waals surface area contributed by atoms with E-state index in [1.165, 1.54) is 0 Å². The standard InChI is InChI=1S/C40H49N5O6/c1-27-14-15-33(51-27)26-45(40-41-34-12-7-8-13-35(34)42-40)31-17-20-44(21-18-31)19-16-29(28-10-9-11-32(22-28)47-3)25-43(2)39(46)30-23-36(48-4)38(50-6)37(24-30)49-5/h7-15,22-24,29,31H,16-21,25-26H2,1-6H3,(H,41,42). The molecule has 0 saturated carbocycles. The van der Waals surface area contributed by atoms with Gasteiger partial charge in [0.05, 0.1) is 46.0 Å². The van der Waals surface area contributed by atoms with Gasteiger partial charge in [0.25, 0.3) is 5.91 Å². The van der Waals surface area contributed by atoms with Crippen molar-refractivity contribution in [2.75, 3.05) is 66.6 Å². The van der Waals surface area contributed by atoms with Crippen LogP contribution in [0.5, 0.6) is 23.0 Å². The van der Waals surface area contributed by atoms with Crippen LogP contribution in [0.4, 0.5) is 5.95 Å². The number of nitrogens with one attached hydrogen (secondary N) is 1. The highest BCUT2D eigenvalue weighted by Crippen LogP contribution is 2.39. The number of H-pyrrole nitrogens is 1. The molecule has 3 aromatic carbocycles. The number of amides is 1. The normalized spacial score (nSPS) is 14.3. The van der Waals surface area contributed by atoms with Crippen molar-refractivity contribution in [1.29, 1.82) is 0 Å². The average Bonchev–Trinajstić information content (AvgIpc) is 3.80. The van der Waals surface area contributed by atoms with E-state index < -0.39 is 0 Å². The van der Waals surface area contributed by atoms with Gasteiger partial charge in [-0.15, -0.1) is 0 Å². The highest BCUT2D eigenvalue weighted by atomic mass is 16.5. The highest BCUT2D eigenvalue weighted by molar-refractivity contribution is 5.95. The van der Waals surface area contributed by atoms with Crippen molar-refractivity contribution < 1.29 is 28.2 Å². The zero-order chi connectivity index (χ0) is 35.9. The van der Waals surface area contributed by atoms with Gasteiger partial charge in [-0.2, -0.15) is 0 Å². The molecule has 1 unspecified atom stereocenters. The molecule has 1 saturated heterocycles. The van der Waals surface area contributed by atoms with Crippen LogP contribution in [0.25, 0.3) is 11.0 Å². The van der Waals surface area contributed by atoms with Crippen molar-refractivity contribution in [3.8, 4) is 23.0 Å². The second-order valence-electron chi connectivity index (χ2n) is 13.2. The molecule has 1 aliphatic heterocycles. The average molecular weight is 696 g/mol. The molecule has 5 aromatic rings. The number of carbonyl (C=O) groups excluding carboxylic acids is 1. The monoisotopic (exact) mass is 695 g/mol. The van der Waals surface area contributed by atoms with E-state index in [0.29, 0.717) is 41.9 Å². The Labute approximate surface area is 300 Å². The summed E-state index contributed by atoms with van der Waals surface area (Å²) in [4.78, 5) is 29.0. The summed E-state index contributed by atoms with van der Waals surface area (Å²) < 4.78 is 28.1. The molecule has 0 spiro atoms. The largest absolute Gasteiger partial charge is 0.497 e. The highest BCUT2D eigenvalue weighted by Gasteiger charge is 2.29. The first-order valence-corrected chi connectivity index (χ1v) is 17.5. The van der Waals surface area contributed by atoms with Crippen LogP contribution in [0.1, 0.15) is 52.6 Å². The molecule has 51 heavy (non-hydrogen) atoms. The van der Waals surface area contributed by atoms with E-state index in [2.05, 4.69) is 39.0 Å². The quantitative estimate of drug-likeness (QED) is 0.125. The lowest BCUT2D eigenvalue weighted by Crippen LogP contribution is -2.45. The van der Waals surface area contributed by atoms with Crippen LogP contribution in [-0.4, -0.2) is 93.4 Å². The number of piperidine rings is 1. The van der Waals surface area contributed by atoms with Gasteiger partial charge in [-0.05, 0) is 86.8 Å². The minimum absolute atomic E-state index is 0.0862. The lowest BCUT2D eigenvalue weighted by Gasteiger charge is -2.38. The molecule has 3 heterocycles. The van der Waals surface area contributed by atoms with Crippen LogP contribution < -0.4 is 23.8 Å². The van der Waals surface area contributed by atoms with Crippen LogP contribution >= 0.6 is 0 Å². The third kappa shape index (κ3) is 8.26. The Hall–Kier alpha value is -5.16. The fourth-order valence-electron chi connectivity index (χ4n) is 7.08. The minimum atomic E-state index is -0.125. The summed E-state index contributed by atoms with van der Waals surface area (Å²) in [5, 5.41) is 0. The first-order valence-electron chi connectivity index (χ1n) is 17.5. The van der Waals surface area contributed by atoms with Gasteiger partial charge in [0, 0.05) is 44.2 Å². The molecule has 1 fully saturated rings. The SMILES string of the molecule is COc1cccc(C(CCN2CCC(N(Cc3ccc(C)o3)c3nc4ccccc4[nH]3)CC2)CN(C)C(=O)c2cc(OC)c(OC)c(OC)c2)c1. The summed E-state index contributed by atoms with van der Waals surface area (Å²) in [5.41, 5.74) is 3.60. The number of imidazole rings is 1. The first kappa shape index (κ1) is 35.7. The lowest BCUT2D eigenvalue weighted by molar-refractivity contribution is 0.0780. The van der Waals surface area contributed by atoms with E-state index in [1.807, 2.05) is 50.4 Å². The number of para-hydroxylation sites is 2. The second kappa shape index (κ2) is 16.2. The maximum Gasteiger partial charge on any atom is 0.253 e. The number of ether oxygens (including phenoxy) is 4. The Morgan fingerprint density at radius 3 is 2.33 bits per heavy atom. The van der Waals surface area contributed by atoms with Crippen LogP contribution in [0.2, 0.25) is 0 Å². The number of hydrogen-bond donors (Lipinski definition) is 1. The second-order valence-corrected chi connectivity index (χ2v) is 13.2. The Morgan fingerprint density at radius 2 is 1.69 bits per heavy atom. The number of aryl methyl sites for hydroxylation is 1. The number of carbonyl (C=O) groups is 1. The van der Waals surface area contributed by atoms with Gasteiger partial charge in [0.15, 0.2) is 11.5 Å². The van der Waals surface area contributed by atoms with Crippen molar-refractivity contribution in [2.24, 2.45) is 0 Å². The number of hydrogen-bond acceptors (Lipinski definition) is 9. The fraction of sp³-hybridized carbons (Fsp3) is 0.400. The van der Waals surface area contributed by atoms with Gasteiger partial charge in [0.2, 0.25) is 11.7 Å². The summed E-state index contributed by atoms with van der Waals surface area (Å²) in [6, 6.07) is 24.1. The molecule has 1 amide bonds. The minimum Gasteiger partial charge on any atom is -0.497 e. The Bertz CT molecular complexity index is 1850. The van der Waals surface area contributed by atoms with E-state index in [0.717, 1.165) is 78.7 Å². The van der Waals surface area contributed by atoms with Crippen LogP contribution in [0.15, 0.2) is 77.2 Å². The molecule has 6 rings (SSSR count). The Kier molecular flexibility index (Phi) is 11.4. The molecular weight excluding hydrogens is 646 g/mol. The summed E-state index contributed by atoms with van der Waals surface area (Å²) >= 11 is 0. The number of aromatic amines is 1. The molecule has 270 valence electrons. The van der Waals surface area contributed by atoms with E-state index in [9.17, 15) is 4.79 Å². The molecule has 2 aromatic heterocycles. The van der Waals surface area contributed by atoms with E-state index in [4.69, 9.17) is 28.3 Å². The molecule has 11 nitrogen and oxygen atoms in total. The molecule has 11 heteroatoms.